The number of aliphatic imine (C=N–C) groups is 1. The number of benzene rings is 7. The van der Waals surface area contributed by atoms with Crippen molar-refractivity contribution in [1.29, 1.82) is 0 Å². The van der Waals surface area contributed by atoms with Crippen LogP contribution in [0.25, 0.3) is 73.0 Å². The van der Waals surface area contributed by atoms with Gasteiger partial charge in [0, 0.05) is 28.3 Å². The van der Waals surface area contributed by atoms with Crippen LogP contribution in [0.3, 0.4) is 0 Å². The first kappa shape index (κ1) is 40.7. The van der Waals surface area contributed by atoms with Gasteiger partial charge in [-0.2, -0.15) is 0 Å². The van der Waals surface area contributed by atoms with E-state index in [2.05, 4.69) is 225 Å². The molecule has 2 heterocycles. The molecule has 4 heteroatoms. The van der Waals surface area contributed by atoms with E-state index >= 15 is 0 Å². The normalized spacial score (nSPS) is 17.8. The lowest BCUT2D eigenvalue weighted by atomic mass is 9.80. The second kappa shape index (κ2) is 18.6. The average molecular weight is 849 g/mol. The van der Waals surface area contributed by atoms with E-state index in [4.69, 9.17) is 19.9 Å². The highest BCUT2D eigenvalue weighted by atomic mass is 15.0. The zero-order valence-corrected chi connectivity index (χ0v) is 36.7. The summed E-state index contributed by atoms with van der Waals surface area (Å²) in [6, 6.07) is 66.8. The lowest BCUT2D eigenvalue weighted by Crippen LogP contribution is -2.15. The Morgan fingerprint density at radius 2 is 0.970 bits per heavy atom. The zero-order chi connectivity index (χ0) is 44.1. The second-order valence-electron chi connectivity index (χ2n) is 17.3. The van der Waals surface area contributed by atoms with Crippen LogP contribution in [0, 0.1) is 5.92 Å². The average Bonchev–Trinajstić information content (AvgIpc) is 3.49. The fourth-order valence-corrected chi connectivity index (χ4v) is 9.48. The maximum Gasteiger partial charge on any atom is 0.163 e. The van der Waals surface area contributed by atoms with Gasteiger partial charge in [0.1, 0.15) is 5.82 Å². The van der Waals surface area contributed by atoms with E-state index < -0.39 is 0 Å². The molecular weight excluding hydrogens is 801 g/mol. The topological polar surface area (TPSA) is 51.0 Å². The first-order valence-corrected chi connectivity index (χ1v) is 23.1. The summed E-state index contributed by atoms with van der Waals surface area (Å²) in [7, 11) is 0. The van der Waals surface area contributed by atoms with Crippen molar-refractivity contribution in [2.75, 3.05) is 0 Å². The number of allylic oxidation sites excluding steroid dienone is 9. The van der Waals surface area contributed by atoms with Crippen LogP contribution in [0.5, 0.6) is 0 Å². The Morgan fingerprint density at radius 1 is 0.424 bits per heavy atom. The maximum atomic E-state index is 5.41. The van der Waals surface area contributed by atoms with Crippen LogP contribution in [-0.2, 0) is 0 Å². The third-order valence-electron chi connectivity index (χ3n) is 12.9. The van der Waals surface area contributed by atoms with Crippen molar-refractivity contribution in [2.24, 2.45) is 10.9 Å². The van der Waals surface area contributed by atoms with Crippen LogP contribution in [0.4, 0.5) is 0 Å². The monoisotopic (exact) mass is 848 g/mol. The van der Waals surface area contributed by atoms with Crippen molar-refractivity contribution >= 4 is 22.6 Å². The molecule has 3 aliphatic rings. The second-order valence-corrected chi connectivity index (χ2v) is 17.3. The quantitative estimate of drug-likeness (QED) is 0.145. The summed E-state index contributed by atoms with van der Waals surface area (Å²) in [5, 5.41) is 0. The van der Waals surface area contributed by atoms with Crippen LogP contribution in [0.15, 0.2) is 236 Å². The van der Waals surface area contributed by atoms with Gasteiger partial charge >= 0.3 is 0 Å². The molecule has 0 N–H and O–H groups in total. The molecule has 0 spiro atoms. The molecule has 0 saturated carbocycles. The van der Waals surface area contributed by atoms with Gasteiger partial charge in [0.2, 0.25) is 0 Å². The number of rotatable bonds is 9. The van der Waals surface area contributed by atoms with E-state index in [1.165, 1.54) is 27.8 Å². The lowest BCUT2D eigenvalue weighted by molar-refractivity contribution is 0.636. The van der Waals surface area contributed by atoms with Crippen molar-refractivity contribution in [3.63, 3.8) is 0 Å². The molecule has 0 radical (unpaired) electrons. The Labute approximate surface area is 387 Å². The molecule has 8 aromatic rings. The minimum atomic E-state index is -0.0119. The Bertz CT molecular complexity index is 3210. The van der Waals surface area contributed by atoms with Gasteiger partial charge in [-0.15, -0.1) is 0 Å². The fraction of sp³-hybridized carbons (Fsp3) is 0.0968. The molecule has 2 aliphatic carbocycles. The highest BCUT2D eigenvalue weighted by molar-refractivity contribution is 6.07. The molecule has 4 nitrogen and oxygen atoms in total. The molecule has 7 aromatic carbocycles. The largest absolute Gasteiger partial charge is 0.252 e. The van der Waals surface area contributed by atoms with E-state index in [1.807, 2.05) is 6.07 Å². The molecule has 2 unspecified atom stereocenters. The summed E-state index contributed by atoms with van der Waals surface area (Å²) in [6.45, 7) is 0. The zero-order valence-electron chi connectivity index (χ0n) is 36.7. The van der Waals surface area contributed by atoms with Gasteiger partial charge in [0.25, 0.3) is 0 Å². The first-order chi connectivity index (χ1) is 32.7. The number of nitrogens with zero attached hydrogens (tertiary/aromatic N) is 4. The molecule has 0 saturated heterocycles. The van der Waals surface area contributed by atoms with Crippen molar-refractivity contribution in [1.82, 2.24) is 15.0 Å². The number of hydrogen-bond donors (Lipinski definition) is 0. The molecule has 0 fully saturated rings. The Hall–Kier alpha value is -8.08. The smallest absolute Gasteiger partial charge is 0.163 e. The van der Waals surface area contributed by atoms with Crippen LogP contribution in [0.1, 0.15) is 54.1 Å². The predicted octanol–water partition coefficient (Wildman–Crippen LogP) is 15.6. The molecule has 11 rings (SSSR count). The Kier molecular flexibility index (Phi) is 11.4. The van der Waals surface area contributed by atoms with Crippen molar-refractivity contribution in [3.8, 4) is 56.2 Å². The van der Waals surface area contributed by atoms with Crippen LogP contribution in [-0.4, -0.2) is 20.7 Å². The van der Waals surface area contributed by atoms with E-state index in [1.54, 1.807) is 0 Å². The number of aromatic nitrogens is 3. The van der Waals surface area contributed by atoms with Crippen molar-refractivity contribution in [3.05, 3.63) is 253 Å². The Morgan fingerprint density at radius 3 is 1.65 bits per heavy atom. The van der Waals surface area contributed by atoms with Gasteiger partial charge in [0.05, 0.1) is 5.70 Å². The Balaban J connectivity index is 1.04. The molecular formula is C62H48N4. The minimum absolute atomic E-state index is 0.0119. The fourth-order valence-electron chi connectivity index (χ4n) is 9.48. The molecule has 2 bridgehead atoms. The summed E-state index contributed by atoms with van der Waals surface area (Å²) < 4.78 is 0. The third-order valence-corrected chi connectivity index (χ3v) is 12.9. The molecule has 0 amide bonds. The van der Waals surface area contributed by atoms with Gasteiger partial charge in [-0.1, -0.05) is 200 Å². The van der Waals surface area contributed by atoms with E-state index in [0.29, 0.717) is 17.6 Å². The molecule has 1 aliphatic heterocycles. The van der Waals surface area contributed by atoms with Gasteiger partial charge < -0.3 is 0 Å². The standard InChI is InChI=1S/C62H48N4/c1-2-16-29-57-42-52(26-7-1)58(48-24-14-6-15-25-48)59(63-57)53-28-17-27-51(38-53)55-39-54(45-22-12-5-13-23-45)40-56(41-55)62-65-60(49-34-30-46(31-35-49)43-18-8-3-9-19-43)64-61(66-62)50-36-32-47(33-37-50)44-20-10-4-11-21-44/h1-6,8-25,27-36,38-41,50,52H,7,26,37,42H2/b2-1-,29-16-. The highest BCUT2D eigenvalue weighted by Crippen LogP contribution is 2.43. The summed E-state index contributed by atoms with van der Waals surface area (Å²) in [5.41, 5.74) is 16.9. The third kappa shape index (κ3) is 8.74. The maximum absolute atomic E-state index is 5.41. The summed E-state index contributed by atoms with van der Waals surface area (Å²) in [5.74, 6) is 2.41. The molecule has 1 aromatic heterocycles. The van der Waals surface area contributed by atoms with Crippen LogP contribution < -0.4 is 0 Å². The predicted molar refractivity (Wildman–Crippen MR) is 274 cm³/mol. The molecule has 2 atom stereocenters. The minimum Gasteiger partial charge on any atom is -0.252 e. The molecule has 316 valence electrons. The first-order valence-electron chi connectivity index (χ1n) is 23.1. The number of hydrogen-bond acceptors (Lipinski definition) is 4. The lowest BCUT2D eigenvalue weighted by Gasteiger charge is -2.27. The van der Waals surface area contributed by atoms with Crippen LogP contribution >= 0.6 is 0 Å². The molecule has 66 heavy (non-hydrogen) atoms. The van der Waals surface area contributed by atoms with Gasteiger partial charge in [-0.05, 0) is 118 Å². The SMILES string of the molecule is C1=CC(c2nc(-c3ccc(-c4ccccc4)cc3)nc(-c3cc(-c4ccccc4)cc(-c4cccc(C5=C(c6ccccc6)C6CC/C=C\C=C/C(=N5)C6)c4)c3)n2)CC=C1c1ccccc1. The van der Waals surface area contributed by atoms with Gasteiger partial charge in [-0.3, -0.25) is 4.99 Å². The van der Waals surface area contributed by atoms with E-state index in [9.17, 15) is 0 Å². The van der Waals surface area contributed by atoms with Crippen LogP contribution in [0.2, 0.25) is 0 Å². The van der Waals surface area contributed by atoms with Crippen molar-refractivity contribution < 1.29 is 0 Å². The number of fused-ring (bicyclic) bond motifs is 2. The summed E-state index contributed by atoms with van der Waals surface area (Å²) >= 11 is 0. The van der Waals surface area contributed by atoms with Gasteiger partial charge in [-0.25, -0.2) is 15.0 Å². The van der Waals surface area contributed by atoms with E-state index in [-0.39, 0.29) is 5.92 Å². The van der Waals surface area contributed by atoms with E-state index in [0.717, 1.165) is 87.4 Å². The summed E-state index contributed by atoms with van der Waals surface area (Å²) in [4.78, 5) is 21.3. The highest BCUT2D eigenvalue weighted by Gasteiger charge is 2.27. The van der Waals surface area contributed by atoms with Crippen molar-refractivity contribution in [2.45, 2.75) is 31.6 Å². The summed E-state index contributed by atoms with van der Waals surface area (Å²) in [6.07, 6.45) is 19.4. The van der Waals surface area contributed by atoms with Gasteiger partial charge in [0.15, 0.2) is 11.6 Å².